The van der Waals surface area contributed by atoms with Crippen molar-refractivity contribution in [2.75, 3.05) is 0 Å². The number of carboxylic acids is 1. The van der Waals surface area contributed by atoms with Gasteiger partial charge in [-0.2, -0.15) is 0 Å². The van der Waals surface area contributed by atoms with Gasteiger partial charge in [-0.25, -0.2) is 0 Å². The number of carbonyl (C=O) groups is 1. The molecule has 0 aliphatic carbocycles. The first-order chi connectivity index (χ1) is 9.27. The lowest BCUT2D eigenvalue weighted by Gasteiger charge is -2.00. The predicted molar refractivity (Wildman–Crippen MR) is 82.5 cm³/mol. The van der Waals surface area contributed by atoms with Gasteiger partial charge in [-0.1, -0.05) is 70.4 Å². The fourth-order valence-electron chi connectivity index (χ4n) is 2.18. The van der Waals surface area contributed by atoms with E-state index in [1.165, 1.54) is 57.8 Å². The summed E-state index contributed by atoms with van der Waals surface area (Å²) in [6.45, 7) is 2.26. The summed E-state index contributed by atoms with van der Waals surface area (Å²) in [5.41, 5.74) is 0. The van der Waals surface area contributed by atoms with Crippen molar-refractivity contribution in [3.05, 3.63) is 12.2 Å². The van der Waals surface area contributed by atoms with Crippen LogP contribution < -0.4 is 0 Å². The van der Waals surface area contributed by atoms with Gasteiger partial charge in [0.2, 0.25) is 0 Å². The summed E-state index contributed by atoms with van der Waals surface area (Å²) >= 11 is 0. The lowest BCUT2D eigenvalue weighted by molar-refractivity contribution is -0.137. The molecule has 0 spiro atoms. The molecule has 0 bridgehead atoms. The normalized spacial score (nSPS) is 11.2. The number of hydrogen-bond donors (Lipinski definition) is 1. The number of unbranched alkanes of at least 4 members (excludes halogenated alkanes) is 10. The molecule has 1 N–H and O–H groups in total. The van der Waals surface area contributed by atoms with Crippen molar-refractivity contribution in [1.29, 1.82) is 0 Å². The second-order valence-corrected chi connectivity index (χ2v) is 5.37. The van der Waals surface area contributed by atoms with Crippen LogP contribution in [0, 0.1) is 0 Å². The molecular weight excluding hydrogens is 236 g/mol. The van der Waals surface area contributed by atoms with E-state index in [1.807, 2.05) is 0 Å². The molecule has 0 aliphatic heterocycles. The highest BCUT2D eigenvalue weighted by Gasteiger charge is 1.93. The molecule has 0 saturated carbocycles. The van der Waals surface area contributed by atoms with Crippen LogP contribution in [-0.4, -0.2) is 11.1 Å². The molecule has 0 aromatic heterocycles. The van der Waals surface area contributed by atoms with Crippen LogP contribution in [0.3, 0.4) is 0 Å². The Balaban J connectivity index is 3.05. The monoisotopic (exact) mass is 268 g/mol. The van der Waals surface area contributed by atoms with Crippen molar-refractivity contribution in [1.82, 2.24) is 0 Å². The zero-order valence-corrected chi connectivity index (χ0v) is 12.7. The fourth-order valence-corrected chi connectivity index (χ4v) is 2.18. The average molecular weight is 268 g/mol. The molecule has 0 aromatic carbocycles. The number of hydrogen-bond acceptors (Lipinski definition) is 1. The zero-order chi connectivity index (χ0) is 14.2. The maximum absolute atomic E-state index is 10.3. The maximum atomic E-state index is 10.3. The van der Waals surface area contributed by atoms with Crippen LogP contribution in [-0.2, 0) is 4.79 Å². The minimum absolute atomic E-state index is 0.294. The minimum atomic E-state index is -0.688. The van der Waals surface area contributed by atoms with Gasteiger partial charge in [-0.3, -0.25) is 4.79 Å². The van der Waals surface area contributed by atoms with E-state index in [1.54, 1.807) is 0 Å². The molecular formula is C17H32O2. The summed E-state index contributed by atoms with van der Waals surface area (Å²) in [6.07, 6.45) is 19.8. The van der Waals surface area contributed by atoms with E-state index in [-0.39, 0.29) is 0 Å². The van der Waals surface area contributed by atoms with Gasteiger partial charge < -0.3 is 5.11 Å². The van der Waals surface area contributed by atoms with Crippen molar-refractivity contribution in [3.63, 3.8) is 0 Å². The Morgan fingerprint density at radius 2 is 1.26 bits per heavy atom. The summed E-state index contributed by atoms with van der Waals surface area (Å²) in [7, 11) is 0. The Morgan fingerprint density at radius 3 is 1.79 bits per heavy atom. The first kappa shape index (κ1) is 18.2. The SMILES string of the molecule is CCCCCCCCCCC/C=C/CCCC(=O)O. The average Bonchev–Trinajstić information content (AvgIpc) is 2.39. The van der Waals surface area contributed by atoms with Gasteiger partial charge >= 0.3 is 5.97 Å². The molecule has 0 saturated heterocycles. The van der Waals surface area contributed by atoms with Crippen LogP contribution in [0.25, 0.3) is 0 Å². The summed E-state index contributed by atoms with van der Waals surface area (Å²) < 4.78 is 0. The smallest absolute Gasteiger partial charge is 0.303 e. The second-order valence-electron chi connectivity index (χ2n) is 5.37. The van der Waals surface area contributed by atoms with Gasteiger partial charge in [0, 0.05) is 6.42 Å². The molecule has 2 nitrogen and oxygen atoms in total. The molecule has 0 heterocycles. The predicted octanol–water partition coefficient (Wildman–Crippen LogP) is 5.72. The Kier molecular flexibility index (Phi) is 14.6. The highest BCUT2D eigenvalue weighted by molar-refractivity contribution is 5.66. The molecule has 0 fully saturated rings. The molecule has 112 valence electrons. The quantitative estimate of drug-likeness (QED) is 0.323. The molecule has 0 unspecified atom stereocenters. The molecule has 0 atom stereocenters. The van der Waals surface area contributed by atoms with Crippen LogP contribution in [0.2, 0.25) is 0 Å². The second kappa shape index (κ2) is 15.3. The van der Waals surface area contributed by atoms with Crippen LogP contribution in [0.4, 0.5) is 0 Å². The van der Waals surface area contributed by atoms with Crippen LogP contribution in [0.15, 0.2) is 12.2 Å². The molecule has 0 aliphatic rings. The van der Waals surface area contributed by atoms with E-state index in [4.69, 9.17) is 5.11 Å². The summed E-state index contributed by atoms with van der Waals surface area (Å²) in [6, 6.07) is 0. The third-order valence-electron chi connectivity index (χ3n) is 3.40. The van der Waals surface area contributed by atoms with Crippen molar-refractivity contribution in [2.45, 2.75) is 90.4 Å². The van der Waals surface area contributed by atoms with Gasteiger partial charge in [-0.05, 0) is 25.7 Å². The van der Waals surface area contributed by atoms with Gasteiger partial charge in [0.05, 0.1) is 0 Å². The first-order valence-electron chi connectivity index (χ1n) is 8.14. The van der Waals surface area contributed by atoms with Gasteiger partial charge in [0.15, 0.2) is 0 Å². The maximum Gasteiger partial charge on any atom is 0.303 e. The van der Waals surface area contributed by atoms with E-state index in [2.05, 4.69) is 19.1 Å². The van der Waals surface area contributed by atoms with E-state index < -0.39 is 5.97 Å². The summed E-state index contributed by atoms with van der Waals surface area (Å²) in [4.78, 5) is 10.3. The molecule has 0 amide bonds. The van der Waals surface area contributed by atoms with Gasteiger partial charge in [0.1, 0.15) is 0 Å². The lowest BCUT2D eigenvalue weighted by Crippen LogP contribution is -1.92. The standard InChI is InChI=1S/C17H32O2/c1-2-3-4-5-6-7-8-9-10-11-12-13-14-15-16-17(18)19/h12-13H,2-11,14-16H2,1H3,(H,18,19)/b13-12+. The number of rotatable bonds is 14. The molecule has 0 rings (SSSR count). The van der Waals surface area contributed by atoms with Gasteiger partial charge in [-0.15, -0.1) is 0 Å². The fraction of sp³-hybridized carbons (Fsp3) is 0.824. The topological polar surface area (TPSA) is 37.3 Å². The minimum Gasteiger partial charge on any atom is -0.481 e. The van der Waals surface area contributed by atoms with Crippen LogP contribution >= 0.6 is 0 Å². The highest BCUT2D eigenvalue weighted by atomic mass is 16.4. The summed E-state index contributed by atoms with van der Waals surface area (Å²) in [5, 5.41) is 8.48. The van der Waals surface area contributed by atoms with Crippen molar-refractivity contribution in [3.8, 4) is 0 Å². The Bertz CT molecular complexity index is 221. The molecule has 19 heavy (non-hydrogen) atoms. The highest BCUT2D eigenvalue weighted by Crippen LogP contribution is 2.10. The molecule has 0 radical (unpaired) electrons. The Hall–Kier alpha value is -0.790. The van der Waals surface area contributed by atoms with E-state index in [9.17, 15) is 4.79 Å². The third-order valence-corrected chi connectivity index (χ3v) is 3.40. The lowest BCUT2D eigenvalue weighted by atomic mass is 10.1. The molecule has 2 heteroatoms. The van der Waals surface area contributed by atoms with Crippen LogP contribution in [0.5, 0.6) is 0 Å². The molecule has 0 aromatic rings. The zero-order valence-electron chi connectivity index (χ0n) is 12.7. The first-order valence-corrected chi connectivity index (χ1v) is 8.14. The van der Waals surface area contributed by atoms with E-state index in [0.717, 1.165) is 19.3 Å². The number of carboxylic acid groups (broad SMARTS) is 1. The number of allylic oxidation sites excluding steroid dienone is 2. The summed E-state index contributed by atoms with van der Waals surface area (Å²) in [5.74, 6) is -0.688. The Morgan fingerprint density at radius 1 is 0.789 bits per heavy atom. The Labute approximate surface area is 119 Å². The van der Waals surface area contributed by atoms with Crippen molar-refractivity contribution >= 4 is 5.97 Å². The van der Waals surface area contributed by atoms with Gasteiger partial charge in [0.25, 0.3) is 0 Å². The van der Waals surface area contributed by atoms with Crippen molar-refractivity contribution < 1.29 is 9.90 Å². The van der Waals surface area contributed by atoms with E-state index >= 15 is 0 Å². The van der Waals surface area contributed by atoms with Crippen LogP contribution in [0.1, 0.15) is 90.4 Å². The number of aliphatic carboxylic acids is 1. The largest absolute Gasteiger partial charge is 0.481 e. The van der Waals surface area contributed by atoms with Crippen molar-refractivity contribution in [2.24, 2.45) is 0 Å². The third kappa shape index (κ3) is 17.2. The van der Waals surface area contributed by atoms with E-state index in [0.29, 0.717) is 6.42 Å².